The molecule has 0 spiro atoms. The van der Waals surface area contributed by atoms with E-state index in [9.17, 15) is 0 Å². The molecule has 0 amide bonds. The molecule has 0 heterocycles. The van der Waals surface area contributed by atoms with Crippen LogP contribution in [0.2, 0.25) is 0 Å². The highest BCUT2D eigenvalue weighted by molar-refractivity contribution is 7.98. The zero-order valence-electron chi connectivity index (χ0n) is 13.0. The fraction of sp³-hybridized carbons (Fsp3) is 0.600. The van der Waals surface area contributed by atoms with Crippen LogP contribution in [-0.2, 0) is 6.54 Å². The molecule has 1 aromatic rings. The third-order valence-electron chi connectivity index (χ3n) is 3.13. The van der Waals surface area contributed by atoms with Gasteiger partial charge in [-0.15, -0.1) is 0 Å². The summed E-state index contributed by atoms with van der Waals surface area (Å²) in [7, 11) is 4.88. The molecule has 1 unspecified atom stereocenters. The third-order valence-corrected chi connectivity index (χ3v) is 3.78. The van der Waals surface area contributed by atoms with Crippen molar-refractivity contribution in [2.75, 3.05) is 33.3 Å². The third kappa shape index (κ3) is 4.80. The van der Waals surface area contributed by atoms with E-state index in [-0.39, 0.29) is 0 Å². The molecule has 0 aliphatic carbocycles. The van der Waals surface area contributed by atoms with Crippen molar-refractivity contribution in [1.29, 1.82) is 0 Å². The Bertz CT molecular complexity index is 387. The molecule has 114 valence electrons. The van der Waals surface area contributed by atoms with Crippen molar-refractivity contribution >= 4 is 11.8 Å². The molecular weight excluding hydrogens is 274 g/mol. The lowest BCUT2D eigenvalue weighted by molar-refractivity contribution is 0.323. The summed E-state index contributed by atoms with van der Waals surface area (Å²) in [6.07, 6.45) is 3.29. The predicted molar refractivity (Wildman–Crippen MR) is 85.4 cm³/mol. The maximum Gasteiger partial charge on any atom is 0.203 e. The molecule has 1 aromatic carbocycles. The minimum Gasteiger partial charge on any atom is -0.493 e. The molecule has 0 fully saturated rings. The fourth-order valence-electron chi connectivity index (χ4n) is 1.93. The highest BCUT2D eigenvalue weighted by Crippen LogP contribution is 2.38. The van der Waals surface area contributed by atoms with Crippen LogP contribution in [-0.4, -0.2) is 39.4 Å². The second-order valence-corrected chi connectivity index (χ2v) is 5.58. The normalized spacial score (nSPS) is 12.1. The van der Waals surface area contributed by atoms with E-state index < -0.39 is 0 Å². The highest BCUT2D eigenvalue weighted by Gasteiger charge is 2.13. The van der Waals surface area contributed by atoms with Gasteiger partial charge in [-0.05, 0) is 43.0 Å². The van der Waals surface area contributed by atoms with Gasteiger partial charge in [-0.1, -0.05) is 0 Å². The molecule has 0 saturated heterocycles. The standard InChI is InChI=1S/C15H25NO3S/c1-11(6-7-20-5)16-10-12-8-13(17-2)15(19-4)14(9-12)18-3/h8-9,11,16H,6-7,10H2,1-5H3. The molecule has 0 radical (unpaired) electrons. The minimum atomic E-state index is 0.488. The molecule has 0 bridgehead atoms. The van der Waals surface area contributed by atoms with Gasteiger partial charge >= 0.3 is 0 Å². The summed E-state index contributed by atoms with van der Waals surface area (Å²) in [5, 5.41) is 3.51. The van der Waals surface area contributed by atoms with E-state index in [1.807, 2.05) is 23.9 Å². The first-order valence-corrected chi connectivity index (χ1v) is 8.06. The van der Waals surface area contributed by atoms with Gasteiger partial charge < -0.3 is 19.5 Å². The van der Waals surface area contributed by atoms with E-state index in [1.165, 1.54) is 5.75 Å². The molecule has 0 aliphatic heterocycles. The Labute approximate surface area is 126 Å². The zero-order chi connectivity index (χ0) is 15.0. The maximum absolute atomic E-state index is 5.35. The molecule has 0 aromatic heterocycles. The number of ether oxygens (including phenoxy) is 3. The van der Waals surface area contributed by atoms with E-state index in [4.69, 9.17) is 14.2 Å². The lowest BCUT2D eigenvalue weighted by Gasteiger charge is -2.16. The first-order chi connectivity index (χ1) is 9.65. The molecule has 0 aliphatic rings. The van der Waals surface area contributed by atoms with Crippen LogP contribution >= 0.6 is 11.8 Å². The number of benzene rings is 1. The number of hydrogen-bond acceptors (Lipinski definition) is 5. The summed E-state index contributed by atoms with van der Waals surface area (Å²) < 4.78 is 16.0. The Hall–Kier alpha value is -1.07. The topological polar surface area (TPSA) is 39.7 Å². The molecular formula is C15H25NO3S. The van der Waals surface area contributed by atoms with Gasteiger partial charge in [0.15, 0.2) is 11.5 Å². The van der Waals surface area contributed by atoms with Gasteiger partial charge in [0.2, 0.25) is 5.75 Å². The van der Waals surface area contributed by atoms with E-state index in [0.29, 0.717) is 23.3 Å². The molecule has 1 N–H and O–H groups in total. The first-order valence-electron chi connectivity index (χ1n) is 6.67. The molecule has 20 heavy (non-hydrogen) atoms. The smallest absolute Gasteiger partial charge is 0.203 e. The fourth-order valence-corrected chi connectivity index (χ4v) is 2.52. The quantitative estimate of drug-likeness (QED) is 0.759. The Kier molecular flexibility index (Phi) is 7.62. The van der Waals surface area contributed by atoms with Gasteiger partial charge in [0.1, 0.15) is 0 Å². The first kappa shape index (κ1) is 17.0. The van der Waals surface area contributed by atoms with Crippen molar-refractivity contribution in [3.63, 3.8) is 0 Å². The molecule has 1 rings (SSSR count). The Morgan fingerprint density at radius 2 is 1.70 bits per heavy atom. The predicted octanol–water partition coefficient (Wildman–Crippen LogP) is 2.94. The van der Waals surface area contributed by atoms with Crippen LogP contribution in [0.4, 0.5) is 0 Å². The summed E-state index contributed by atoms with van der Waals surface area (Å²) in [5.74, 6) is 3.19. The summed E-state index contributed by atoms with van der Waals surface area (Å²) in [5.41, 5.74) is 1.12. The second-order valence-electron chi connectivity index (χ2n) is 4.60. The lowest BCUT2D eigenvalue weighted by Crippen LogP contribution is -2.26. The van der Waals surface area contributed by atoms with Crippen LogP contribution in [0.25, 0.3) is 0 Å². The van der Waals surface area contributed by atoms with Gasteiger partial charge in [0, 0.05) is 12.6 Å². The van der Waals surface area contributed by atoms with Crippen LogP contribution in [0.5, 0.6) is 17.2 Å². The summed E-state index contributed by atoms with van der Waals surface area (Å²) in [4.78, 5) is 0. The van der Waals surface area contributed by atoms with Gasteiger partial charge in [0.25, 0.3) is 0 Å². The molecule has 1 atom stereocenters. The number of hydrogen-bond donors (Lipinski definition) is 1. The Morgan fingerprint density at radius 1 is 1.10 bits per heavy atom. The van der Waals surface area contributed by atoms with E-state index in [1.54, 1.807) is 21.3 Å². The summed E-state index contributed by atoms with van der Waals surface area (Å²) >= 11 is 1.87. The largest absolute Gasteiger partial charge is 0.493 e. The van der Waals surface area contributed by atoms with Gasteiger partial charge in [0.05, 0.1) is 21.3 Å². The molecule has 0 saturated carbocycles. The van der Waals surface area contributed by atoms with Crippen molar-refractivity contribution in [3.05, 3.63) is 17.7 Å². The highest BCUT2D eigenvalue weighted by atomic mass is 32.2. The Balaban J connectivity index is 2.75. The number of rotatable bonds is 9. The van der Waals surface area contributed by atoms with Crippen LogP contribution in [0.1, 0.15) is 18.9 Å². The van der Waals surface area contributed by atoms with Crippen molar-refractivity contribution in [3.8, 4) is 17.2 Å². The number of nitrogens with one attached hydrogen (secondary N) is 1. The SMILES string of the molecule is COc1cc(CNC(C)CCSC)cc(OC)c1OC. The van der Waals surface area contributed by atoms with Crippen molar-refractivity contribution in [2.24, 2.45) is 0 Å². The minimum absolute atomic E-state index is 0.488. The zero-order valence-corrected chi connectivity index (χ0v) is 13.8. The average molecular weight is 299 g/mol. The van der Waals surface area contributed by atoms with Gasteiger partial charge in [-0.25, -0.2) is 0 Å². The van der Waals surface area contributed by atoms with E-state index >= 15 is 0 Å². The van der Waals surface area contributed by atoms with Crippen molar-refractivity contribution in [1.82, 2.24) is 5.32 Å². The van der Waals surface area contributed by atoms with E-state index in [0.717, 1.165) is 18.5 Å². The lowest BCUT2D eigenvalue weighted by atomic mass is 10.1. The maximum atomic E-state index is 5.35. The number of thioether (sulfide) groups is 1. The second kappa shape index (κ2) is 8.97. The molecule has 4 nitrogen and oxygen atoms in total. The average Bonchev–Trinajstić information content (AvgIpc) is 2.49. The summed E-state index contributed by atoms with van der Waals surface area (Å²) in [6.45, 7) is 2.99. The van der Waals surface area contributed by atoms with Crippen molar-refractivity contribution < 1.29 is 14.2 Å². The van der Waals surface area contributed by atoms with Crippen LogP contribution < -0.4 is 19.5 Å². The van der Waals surface area contributed by atoms with Crippen LogP contribution in [0.3, 0.4) is 0 Å². The van der Waals surface area contributed by atoms with Crippen molar-refractivity contribution in [2.45, 2.75) is 25.9 Å². The van der Waals surface area contributed by atoms with Crippen LogP contribution in [0, 0.1) is 0 Å². The molecule has 5 heteroatoms. The Morgan fingerprint density at radius 3 is 2.15 bits per heavy atom. The van der Waals surface area contributed by atoms with Gasteiger partial charge in [-0.3, -0.25) is 0 Å². The monoisotopic (exact) mass is 299 g/mol. The van der Waals surface area contributed by atoms with E-state index in [2.05, 4.69) is 18.5 Å². The van der Waals surface area contributed by atoms with Crippen LogP contribution in [0.15, 0.2) is 12.1 Å². The van der Waals surface area contributed by atoms with Gasteiger partial charge in [-0.2, -0.15) is 11.8 Å². The number of methoxy groups -OCH3 is 3. The summed E-state index contributed by atoms with van der Waals surface area (Å²) in [6, 6.07) is 4.45.